The van der Waals surface area contributed by atoms with Crippen LogP contribution in [0.15, 0.2) is 0 Å². The molecule has 0 rings (SSSR count). The molecule has 0 heterocycles. The Balaban J connectivity index is 5.31. The molecule has 0 aromatic heterocycles. The minimum atomic E-state index is 0.142. The van der Waals surface area contributed by atoms with Gasteiger partial charge in [0.2, 0.25) is 0 Å². The van der Waals surface area contributed by atoms with E-state index in [2.05, 4.69) is 92.1 Å². The molecular weight excluding hydrogens is 282 g/mol. The summed E-state index contributed by atoms with van der Waals surface area (Å²) in [4.78, 5) is 0. The number of hydrogen-bond donors (Lipinski definition) is 3. The van der Waals surface area contributed by atoms with Gasteiger partial charge in [-0.15, -0.1) is 0 Å². The van der Waals surface area contributed by atoms with Crippen molar-refractivity contribution < 1.29 is 0 Å². The van der Waals surface area contributed by atoms with Gasteiger partial charge in [0, 0.05) is 42.2 Å². The zero-order chi connectivity index (χ0) is 18.5. The molecule has 0 aromatic rings. The monoisotopic (exact) mass is 327 g/mol. The lowest BCUT2D eigenvalue weighted by molar-refractivity contribution is 0.131. The van der Waals surface area contributed by atoms with Crippen molar-refractivity contribution in [3.8, 4) is 0 Å². The van der Waals surface area contributed by atoms with Crippen LogP contribution in [0.3, 0.4) is 0 Å². The Morgan fingerprint density at radius 2 is 1.04 bits per heavy atom. The molecule has 0 aromatic carbocycles. The van der Waals surface area contributed by atoms with Gasteiger partial charge in [-0.3, -0.25) is 0 Å². The van der Waals surface area contributed by atoms with E-state index in [1.807, 2.05) is 0 Å². The lowest BCUT2D eigenvalue weighted by Crippen LogP contribution is -2.56. The molecule has 3 N–H and O–H groups in total. The normalized spacial score (nSPS) is 14.6. The van der Waals surface area contributed by atoms with E-state index >= 15 is 0 Å². The molecule has 23 heavy (non-hydrogen) atoms. The third-order valence-corrected chi connectivity index (χ3v) is 3.78. The van der Waals surface area contributed by atoms with Crippen molar-refractivity contribution in [3.05, 3.63) is 0 Å². The Labute approximate surface area is 146 Å². The fraction of sp³-hybridized carbons (Fsp3) is 1.00. The van der Waals surface area contributed by atoms with E-state index in [4.69, 9.17) is 0 Å². The highest BCUT2D eigenvalue weighted by molar-refractivity contribution is 4.93. The summed E-state index contributed by atoms with van der Waals surface area (Å²) in [6.45, 7) is 28.1. The highest BCUT2D eigenvalue weighted by Crippen LogP contribution is 2.34. The van der Waals surface area contributed by atoms with Crippen LogP contribution in [0, 0.1) is 10.8 Å². The van der Waals surface area contributed by atoms with Crippen LogP contribution >= 0.6 is 0 Å². The number of nitrogens with one attached hydrogen (secondary N) is 3. The standard InChI is InChI=1S/C20H45N3/c1-16(2)21-13-20(12-17(3,4)5,14-22-18(6,7)8)15-23-19(9,10)11/h16,21-23H,12-15H2,1-11H3. The molecule has 3 nitrogen and oxygen atoms in total. The van der Waals surface area contributed by atoms with Gasteiger partial charge in [0.05, 0.1) is 0 Å². The van der Waals surface area contributed by atoms with Gasteiger partial charge in [-0.25, -0.2) is 0 Å². The molecule has 0 atom stereocenters. The van der Waals surface area contributed by atoms with E-state index in [-0.39, 0.29) is 16.5 Å². The quantitative estimate of drug-likeness (QED) is 0.626. The predicted octanol–water partition coefficient (Wildman–Crippen LogP) is 4.18. The first-order chi connectivity index (χ1) is 10.0. The maximum absolute atomic E-state index is 3.77. The Morgan fingerprint density at radius 3 is 1.30 bits per heavy atom. The van der Waals surface area contributed by atoms with Gasteiger partial charge >= 0.3 is 0 Å². The Morgan fingerprint density at radius 1 is 0.652 bits per heavy atom. The summed E-state index contributed by atoms with van der Waals surface area (Å²) in [5.74, 6) is 0. The highest BCUT2D eigenvalue weighted by Gasteiger charge is 2.36. The molecule has 0 unspecified atom stereocenters. The maximum Gasteiger partial charge on any atom is 0.00967 e. The lowest BCUT2D eigenvalue weighted by atomic mass is 9.72. The van der Waals surface area contributed by atoms with E-state index < -0.39 is 0 Å². The third kappa shape index (κ3) is 12.9. The summed E-state index contributed by atoms with van der Waals surface area (Å²) in [6.07, 6.45) is 1.19. The molecule has 3 heteroatoms. The Hall–Kier alpha value is -0.120. The van der Waals surface area contributed by atoms with Crippen molar-refractivity contribution in [2.75, 3.05) is 19.6 Å². The molecule has 0 spiro atoms. The summed E-state index contributed by atoms with van der Waals surface area (Å²) in [7, 11) is 0. The van der Waals surface area contributed by atoms with Gasteiger partial charge in [-0.2, -0.15) is 0 Å². The molecule has 0 bridgehead atoms. The molecule has 0 saturated heterocycles. The van der Waals surface area contributed by atoms with Crippen LogP contribution in [-0.2, 0) is 0 Å². The fourth-order valence-electron chi connectivity index (χ4n) is 2.83. The molecule has 0 saturated carbocycles. The zero-order valence-corrected chi connectivity index (χ0v) is 17.9. The van der Waals surface area contributed by atoms with Crippen LogP contribution in [0.4, 0.5) is 0 Å². The molecular formula is C20H45N3. The summed E-state index contributed by atoms with van der Waals surface area (Å²) < 4.78 is 0. The van der Waals surface area contributed by atoms with Crippen molar-refractivity contribution >= 4 is 0 Å². The van der Waals surface area contributed by atoms with Crippen molar-refractivity contribution in [1.82, 2.24) is 16.0 Å². The summed E-state index contributed by atoms with van der Waals surface area (Å²) in [5.41, 5.74) is 0.784. The van der Waals surface area contributed by atoms with Crippen molar-refractivity contribution in [1.29, 1.82) is 0 Å². The highest BCUT2D eigenvalue weighted by atomic mass is 15.0. The maximum atomic E-state index is 3.77. The average Bonchev–Trinajstić information content (AvgIpc) is 2.27. The van der Waals surface area contributed by atoms with Crippen LogP contribution in [0.1, 0.15) is 82.6 Å². The van der Waals surface area contributed by atoms with Crippen LogP contribution < -0.4 is 16.0 Å². The van der Waals surface area contributed by atoms with Gasteiger partial charge in [0.1, 0.15) is 0 Å². The minimum Gasteiger partial charge on any atom is -0.314 e. The second-order valence-electron chi connectivity index (χ2n) is 11.0. The minimum absolute atomic E-state index is 0.142. The van der Waals surface area contributed by atoms with E-state index in [1.165, 1.54) is 6.42 Å². The van der Waals surface area contributed by atoms with Gasteiger partial charge in [0.15, 0.2) is 0 Å². The lowest BCUT2D eigenvalue weighted by Gasteiger charge is -2.43. The third-order valence-electron chi connectivity index (χ3n) is 3.78. The molecule has 0 amide bonds. The van der Waals surface area contributed by atoms with Crippen molar-refractivity contribution in [2.45, 2.75) is 99.7 Å². The van der Waals surface area contributed by atoms with Crippen molar-refractivity contribution in [2.24, 2.45) is 10.8 Å². The molecule has 140 valence electrons. The van der Waals surface area contributed by atoms with E-state index in [0.29, 0.717) is 11.5 Å². The topological polar surface area (TPSA) is 36.1 Å². The fourth-order valence-corrected chi connectivity index (χ4v) is 2.83. The molecule has 0 aliphatic carbocycles. The van der Waals surface area contributed by atoms with Crippen LogP contribution in [0.5, 0.6) is 0 Å². The van der Waals surface area contributed by atoms with Crippen molar-refractivity contribution in [3.63, 3.8) is 0 Å². The summed E-state index contributed by atoms with van der Waals surface area (Å²) >= 11 is 0. The second-order valence-corrected chi connectivity index (χ2v) is 11.0. The van der Waals surface area contributed by atoms with Gasteiger partial charge in [-0.05, 0) is 53.4 Å². The van der Waals surface area contributed by atoms with Crippen LogP contribution in [-0.4, -0.2) is 36.8 Å². The van der Waals surface area contributed by atoms with Gasteiger partial charge in [-0.1, -0.05) is 34.6 Å². The van der Waals surface area contributed by atoms with E-state index in [1.54, 1.807) is 0 Å². The molecule has 0 aliphatic heterocycles. The van der Waals surface area contributed by atoms with Gasteiger partial charge < -0.3 is 16.0 Å². The van der Waals surface area contributed by atoms with E-state index in [0.717, 1.165) is 19.6 Å². The first kappa shape index (κ1) is 22.9. The van der Waals surface area contributed by atoms with Gasteiger partial charge in [0.25, 0.3) is 0 Å². The first-order valence-electron chi connectivity index (χ1n) is 9.27. The molecule has 0 radical (unpaired) electrons. The number of hydrogen-bond acceptors (Lipinski definition) is 3. The van der Waals surface area contributed by atoms with Crippen LogP contribution in [0.25, 0.3) is 0 Å². The Kier molecular flexibility index (Phi) is 8.27. The largest absolute Gasteiger partial charge is 0.314 e. The second kappa shape index (κ2) is 8.31. The summed E-state index contributed by atoms with van der Waals surface area (Å²) in [5, 5.41) is 11.2. The molecule has 0 aliphatic rings. The zero-order valence-electron chi connectivity index (χ0n) is 17.9. The Bertz CT molecular complexity index is 308. The van der Waals surface area contributed by atoms with E-state index in [9.17, 15) is 0 Å². The molecule has 0 fully saturated rings. The van der Waals surface area contributed by atoms with Crippen LogP contribution in [0.2, 0.25) is 0 Å². The predicted molar refractivity (Wildman–Crippen MR) is 105 cm³/mol. The SMILES string of the molecule is CC(C)NCC(CNC(C)(C)C)(CNC(C)(C)C)CC(C)(C)C. The first-order valence-corrected chi connectivity index (χ1v) is 9.27. The summed E-state index contributed by atoms with van der Waals surface area (Å²) in [6, 6.07) is 0.513. The average molecular weight is 328 g/mol. The smallest absolute Gasteiger partial charge is 0.00967 e. The number of rotatable bonds is 8.